The van der Waals surface area contributed by atoms with Crippen LogP contribution in [0.2, 0.25) is 0 Å². The van der Waals surface area contributed by atoms with Crippen LogP contribution in [0, 0.1) is 16.0 Å². The largest absolute Gasteiger partial charge is 0.394 e. The number of nitro groups is 1. The number of hydrogen-bond acceptors (Lipinski definition) is 4. The summed E-state index contributed by atoms with van der Waals surface area (Å²) < 4.78 is 0. The average molecular weight is 264 g/mol. The summed E-state index contributed by atoms with van der Waals surface area (Å²) in [5.41, 5.74) is -0.108. The van der Waals surface area contributed by atoms with Crippen molar-refractivity contribution in [3.63, 3.8) is 0 Å². The van der Waals surface area contributed by atoms with Gasteiger partial charge in [0.2, 0.25) is 0 Å². The van der Waals surface area contributed by atoms with Gasteiger partial charge < -0.3 is 10.0 Å². The summed E-state index contributed by atoms with van der Waals surface area (Å²) in [6, 6.07) is 5.66. The Morgan fingerprint density at radius 2 is 2.21 bits per heavy atom. The zero-order valence-electron chi connectivity index (χ0n) is 10.7. The maximum Gasteiger partial charge on any atom is 0.282 e. The minimum absolute atomic E-state index is 0.0834. The van der Waals surface area contributed by atoms with Crippen LogP contribution in [0.4, 0.5) is 5.69 Å². The van der Waals surface area contributed by atoms with Crippen LogP contribution in [-0.2, 0) is 0 Å². The van der Waals surface area contributed by atoms with Crippen LogP contribution in [0.5, 0.6) is 0 Å². The lowest BCUT2D eigenvalue weighted by Gasteiger charge is -2.25. The van der Waals surface area contributed by atoms with Crippen LogP contribution in [-0.4, -0.2) is 40.0 Å². The number of likely N-dealkylation sites (tertiary alicyclic amines) is 1. The summed E-state index contributed by atoms with van der Waals surface area (Å²) in [5.74, 6) is -0.174. The molecule has 1 aliphatic heterocycles. The van der Waals surface area contributed by atoms with E-state index in [9.17, 15) is 20.0 Å². The third kappa shape index (κ3) is 2.44. The number of para-hydroxylation sites is 1. The van der Waals surface area contributed by atoms with Crippen molar-refractivity contribution in [3.05, 3.63) is 39.9 Å². The van der Waals surface area contributed by atoms with Crippen molar-refractivity contribution in [1.82, 2.24) is 4.90 Å². The summed E-state index contributed by atoms with van der Waals surface area (Å²) >= 11 is 0. The van der Waals surface area contributed by atoms with Gasteiger partial charge in [-0.05, 0) is 18.4 Å². The molecule has 0 radical (unpaired) electrons. The number of nitrogens with zero attached hydrogens (tertiary/aromatic N) is 2. The molecule has 1 aliphatic rings. The van der Waals surface area contributed by atoms with Crippen molar-refractivity contribution in [2.75, 3.05) is 13.2 Å². The first kappa shape index (κ1) is 13.5. The molecule has 1 saturated heterocycles. The molecule has 0 aromatic heterocycles. The summed E-state index contributed by atoms with van der Waals surface area (Å²) in [7, 11) is 0. The maximum atomic E-state index is 12.4. The fourth-order valence-electron chi connectivity index (χ4n) is 2.51. The average Bonchev–Trinajstić information content (AvgIpc) is 2.78. The Morgan fingerprint density at radius 3 is 2.84 bits per heavy atom. The Morgan fingerprint density at radius 1 is 1.53 bits per heavy atom. The van der Waals surface area contributed by atoms with E-state index in [0.29, 0.717) is 6.54 Å². The Labute approximate surface area is 110 Å². The molecular formula is C13H16N2O4. The number of carbonyl (C=O) groups excluding carboxylic acids is 1. The van der Waals surface area contributed by atoms with Gasteiger partial charge in [0.05, 0.1) is 17.6 Å². The van der Waals surface area contributed by atoms with Gasteiger partial charge in [0.1, 0.15) is 5.56 Å². The first-order valence-corrected chi connectivity index (χ1v) is 6.21. The first-order valence-electron chi connectivity index (χ1n) is 6.21. The Bertz CT molecular complexity index is 503. The van der Waals surface area contributed by atoms with Crippen molar-refractivity contribution >= 4 is 11.6 Å². The quantitative estimate of drug-likeness (QED) is 0.661. The topological polar surface area (TPSA) is 83.7 Å². The molecule has 1 N–H and O–H groups in total. The second kappa shape index (κ2) is 5.36. The number of nitro benzene ring substituents is 1. The fourth-order valence-corrected chi connectivity index (χ4v) is 2.51. The van der Waals surface area contributed by atoms with E-state index >= 15 is 0 Å². The van der Waals surface area contributed by atoms with Gasteiger partial charge in [-0.15, -0.1) is 0 Å². The van der Waals surface area contributed by atoms with Gasteiger partial charge in [-0.3, -0.25) is 14.9 Å². The normalized spacial score (nSPS) is 22.5. The van der Waals surface area contributed by atoms with Gasteiger partial charge in [-0.25, -0.2) is 0 Å². The predicted molar refractivity (Wildman–Crippen MR) is 68.8 cm³/mol. The van der Waals surface area contributed by atoms with Crippen molar-refractivity contribution in [3.8, 4) is 0 Å². The Kier molecular flexibility index (Phi) is 3.80. The molecule has 2 unspecified atom stereocenters. The molecule has 0 aliphatic carbocycles. The molecule has 1 aromatic rings. The second-order valence-electron chi connectivity index (χ2n) is 4.79. The van der Waals surface area contributed by atoms with Crippen molar-refractivity contribution < 1.29 is 14.8 Å². The summed E-state index contributed by atoms with van der Waals surface area (Å²) in [5, 5.41) is 20.3. The number of aliphatic hydroxyl groups excluding tert-OH is 1. The van der Waals surface area contributed by atoms with E-state index in [1.54, 1.807) is 6.07 Å². The number of amides is 1. The highest BCUT2D eigenvalue weighted by molar-refractivity contribution is 5.98. The highest BCUT2D eigenvalue weighted by atomic mass is 16.6. The van der Waals surface area contributed by atoms with Gasteiger partial charge in [-0.2, -0.15) is 0 Å². The predicted octanol–water partition coefficient (Wildman–Crippen LogP) is 1.44. The zero-order valence-corrected chi connectivity index (χ0v) is 10.7. The van der Waals surface area contributed by atoms with Crippen LogP contribution in [0.1, 0.15) is 23.7 Å². The van der Waals surface area contributed by atoms with Gasteiger partial charge >= 0.3 is 0 Å². The highest BCUT2D eigenvalue weighted by Gasteiger charge is 2.36. The van der Waals surface area contributed by atoms with Gasteiger partial charge in [-0.1, -0.05) is 19.1 Å². The fraction of sp³-hybridized carbons (Fsp3) is 0.462. The van der Waals surface area contributed by atoms with E-state index in [4.69, 9.17) is 0 Å². The number of carbonyl (C=O) groups is 1. The Balaban J connectivity index is 2.32. The molecule has 0 saturated carbocycles. The lowest BCUT2D eigenvalue weighted by molar-refractivity contribution is -0.385. The van der Waals surface area contributed by atoms with Crippen molar-refractivity contribution in [2.24, 2.45) is 5.92 Å². The molecule has 1 amide bonds. The highest BCUT2D eigenvalue weighted by Crippen LogP contribution is 2.28. The van der Waals surface area contributed by atoms with Crippen LogP contribution >= 0.6 is 0 Å². The molecule has 1 heterocycles. The monoisotopic (exact) mass is 264 g/mol. The van der Waals surface area contributed by atoms with Crippen LogP contribution in [0.25, 0.3) is 0 Å². The molecule has 0 bridgehead atoms. The minimum atomic E-state index is -0.555. The van der Waals surface area contributed by atoms with Gasteiger partial charge in [0, 0.05) is 12.6 Å². The summed E-state index contributed by atoms with van der Waals surface area (Å²) in [4.78, 5) is 24.3. The summed E-state index contributed by atoms with van der Waals surface area (Å²) in [6.45, 7) is 2.37. The minimum Gasteiger partial charge on any atom is -0.394 e. The standard InChI is InChI=1S/C13H16N2O4/c1-9-6-7-14(12(9)8-16)13(17)10-4-2-3-5-11(10)15(18)19/h2-5,9,12,16H,6-8H2,1H3. The molecule has 6 heteroatoms. The number of aliphatic hydroxyl groups is 1. The molecule has 1 aromatic carbocycles. The van der Waals surface area contributed by atoms with Gasteiger partial charge in [0.25, 0.3) is 11.6 Å². The summed E-state index contributed by atoms with van der Waals surface area (Å²) in [6.07, 6.45) is 0.803. The van der Waals surface area contributed by atoms with E-state index in [1.807, 2.05) is 6.92 Å². The SMILES string of the molecule is CC1CCN(C(=O)c2ccccc2[N+](=O)[O-])C1CO. The van der Waals surface area contributed by atoms with E-state index in [1.165, 1.54) is 23.1 Å². The molecule has 2 atom stereocenters. The molecule has 1 fully saturated rings. The van der Waals surface area contributed by atoms with E-state index < -0.39 is 4.92 Å². The lowest BCUT2D eigenvalue weighted by atomic mass is 10.0. The van der Waals surface area contributed by atoms with E-state index in [0.717, 1.165) is 6.42 Å². The molecule has 102 valence electrons. The molecule has 6 nitrogen and oxygen atoms in total. The number of benzene rings is 1. The van der Waals surface area contributed by atoms with Crippen LogP contribution in [0.3, 0.4) is 0 Å². The van der Waals surface area contributed by atoms with E-state index in [-0.39, 0.29) is 35.7 Å². The van der Waals surface area contributed by atoms with E-state index in [2.05, 4.69) is 0 Å². The Hall–Kier alpha value is -1.95. The smallest absolute Gasteiger partial charge is 0.282 e. The molecule has 0 spiro atoms. The first-order chi connectivity index (χ1) is 9.06. The molecule has 2 rings (SSSR count). The van der Waals surface area contributed by atoms with Gasteiger partial charge in [0.15, 0.2) is 0 Å². The third-order valence-electron chi connectivity index (χ3n) is 3.66. The lowest BCUT2D eigenvalue weighted by Crippen LogP contribution is -2.40. The third-order valence-corrected chi connectivity index (χ3v) is 3.66. The van der Waals surface area contributed by atoms with Crippen LogP contribution in [0.15, 0.2) is 24.3 Å². The zero-order chi connectivity index (χ0) is 14.0. The maximum absolute atomic E-state index is 12.4. The van der Waals surface area contributed by atoms with Crippen molar-refractivity contribution in [1.29, 1.82) is 0 Å². The second-order valence-corrected chi connectivity index (χ2v) is 4.79. The number of hydrogen-bond donors (Lipinski definition) is 1. The van der Waals surface area contributed by atoms with Crippen LogP contribution < -0.4 is 0 Å². The molecule has 19 heavy (non-hydrogen) atoms. The number of rotatable bonds is 3. The van der Waals surface area contributed by atoms with Crippen molar-refractivity contribution in [2.45, 2.75) is 19.4 Å². The molecular weight excluding hydrogens is 248 g/mol.